The van der Waals surface area contributed by atoms with Crippen LogP contribution in [0.3, 0.4) is 0 Å². The first kappa shape index (κ1) is 15.8. The minimum atomic E-state index is 0.0929. The molecular weight excluding hydrogens is 310 g/mol. The van der Waals surface area contributed by atoms with Crippen molar-refractivity contribution in [3.8, 4) is 0 Å². The number of pyridine rings is 2. The lowest BCUT2D eigenvalue weighted by Gasteiger charge is -2.17. The van der Waals surface area contributed by atoms with Gasteiger partial charge in [0.2, 0.25) is 0 Å². The molecule has 1 aromatic carbocycles. The average molecular weight is 331 g/mol. The lowest BCUT2D eigenvalue weighted by Crippen LogP contribution is -2.29. The molecule has 1 aliphatic rings. The van der Waals surface area contributed by atoms with Crippen molar-refractivity contribution >= 4 is 16.8 Å². The number of carbonyl (C=O) groups is 1. The van der Waals surface area contributed by atoms with Gasteiger partial charge < -0.3 is 4.90 Å². The molecule has 1 fully saturated rings. The Kier molecular flexibility index (Phi) is 4.18. The van der Waals surface area contributed by atoms with Crippen LogP contribution in [0.15, 0.2) is 55.0 Å². The number of aryl methyl sites for hydroxylation is 1. The Morgan fingerprint density at radius 3 is 2.96 bits per heavy atom. The van der Waals surface area contributed by atoms with Crippen LogP contribution in [0.5, 0.6) is 0 Å². The third-order valence-electron chi connectivity index (χ3n) is 4.87. The first-order valence-electron chi connectivity index (χ1n) is 8.73. The van der Waals surface area contributed by atoms with Crippen LogP contribution in [0.25, 0.3) is 10.9 Å². The number of amides is 1. The van der Waals surface area contributed by atoms with Crippen molar-refractivity contribution in [2.75, 3.05) is 13.1 Å². The number of aromatic nitrogens is 2. The quantitative estimate of drug-likeness (QED) is 0.736. The highest BCUT2D eigenvalue weighted by atomic mass is 16.2. The number of hydrogen-bond acceptors (Lipinski definition) is 3. The van der Waals surface area contributed by atoms with Crippen molar-refractivity contribution in [3.05, 3.63) is 71.7 Å². The maximum absolute atomic E-state index is 12.6. The van der Waals surface area contributed by atoms with Gasteiger partial charge >= 0.3 is 0 Å². The molecule has 3 aromatic rings. The standard InChI is InChI=1S/C21H21N3O/c1-15-8-19(13-22-11-15)21(25)24-7-6-16(14-24)9-17-10-18-4-2-3-5-20(18)23-12-17/h2-5,8,10-13,16H,6-7,9,14H2,1H3/t16-/m1/s1. The third kappa shape index (κ3) is 3.38. The van der Waals surface area contributed by atoms with E-state index >= 15 is 0 Å². The molecule has 1 aliphatic heterocycles. The molecule has 3 heterocycles. The smallest absolute Gasteiger partial charge is 0.255 e. The van der Waals surface area contributed by atoms with E-state index in [1.165, 1.54) is 10.9 Å². The minimum Gasteiger partial charge on any atom is -0.338 e. The van der Waals surface area contributed by atoms with E-state index in [0.29, 0.717) is 11.5 Å². The maximum atomic E-state index is 12.6. The van der Waals surface area contributed by atoms with E-state index in [0.717, 1.165) is 37.0 Å². The molecular formula is C21H21N3O. The molecule has 4 heteroatoms. The zero-order valence-electron chi connectivity index (χ0n) is 14.4. The van der Waals surface area contributed by atoms with Crippen LogP contribution in [0.4, 0.5) is 0 Å². The number of rotatable bonds is 3. The third-order valence-corrected chi connectivity index (χ3v) is 4.87. The molecule has 0 unspecified atom stereocenters. The second-order valence-corrected chi connectivity index (χ2v) is 6.90. The Balaban J connectivity index is 1.44. The summed E-state index contributed by atoms with van der Waals surface area (Å²) in [5.41, 5.74) is 3.98. The minimum absolute atomic E-state index is 0.0929. The monoisotopic (exact) mass is 331 g/mol. The number of likely N-dealkylation sites (tertiary alicyclic amines) is 1. The molecule has 1 amide bonds. The summed E-state index contributed by atoms with van der Waals surface area (Å²) >= 11 is 0. The number of carbonyl (C=O) groups excluding carboxylic acids is 1. The Hall–Kier alpha value is -2.75. The second-order valence-electron chi connectivity index (χ2n) is 6.90. The first-order valence-corrected chi connectivity index (χ1v) is 8.73. The summed E-state index contributed by atoms with van der Waals surface area (Å²) in [6.45, 7) is 3.58. The average Bonchev–Trinajstić information content (AvgIpc) is 3.09. The van der Waals surface area contributed by atoms with Gasteiger partial charge in [-0.1, -0.05) is 18.2 Å². The molecule has 0 aliphatic carbocycles. The zero-order chi connectivity index (χ0) is 17.2. The van der Waals surface area contributed by atoms with Gasteiger partial charge in [-0.05, 0) is 55.0 Å². The van der Waals surface area contributed by atoms with Crippen LogP contribution in [-0.4, -0.2) is 33.9 Å². The molecule has 25 heavy (non-hydrogen) atoms. The highest BCUT2D eigenvalue weighted by Crippen LogP contribution is 2.23. The van der Waals surface area contributed by atoms with Crippen LogP contribution in [0.2, 0.25) is 0 Å². The summed E-state index contributed by atoms with van der Waals surface area (Å²) in [6, 6.07) is 12.3. The van der Waals surface area contributed by atoms with Gasteiger partial charge in [0.1, 0.15) is 0 Å². The number of nitrogens with zero attached hydrogens (tertiary/aromatic N) is 3. The van der Waals surface area contributed by atoms with E-state index in [9.17, 15) is 4.79 Å². The van der Waals surface area contributed by atoms with Gasteiger partial charge in [-0.15, -0.1) is 0 Å². The lowest BCUT2D eigenvalue weighted by atomic mass is 9.99. The molecule has 4 rings (SSSR count). The Bertz CT molecular complexity index is 922. The zero-order valence-corrected chi connectivity index (χ0v) is 14.4. The molecule has 0 saturated carbocycles. The van der Waals surface area contributed by atoms with Crippen molar-refractivity contribution in [3.63, 3.8) is 0 Å². The predicted octanol–water partition coefficient (Wildman–Crippen LogP) is 3.64. The van der Waals surface area contributed by atoms with E-state index in [4.69, 9.17) is 0 Å². The molecule has 2 aromatic heterocycles. The largest absolute Gasteiger partial charge is 0.338 e. The summed E-state index contributed by atoms with van der Waals surface area (Å²) in [6.07, 6.45) is 7.41. The van der Waals surface area contributed by atoms with Gasteiger partial charge in [0.15, 0.2) is 0 Å². The molecule has 1 saturated heterocycles. The van der Waals surface area contributed by atoms with Crippen molar-refractivity contribution in [1.82, 2.24) is 14.9 Å². The summed E-state index contributed by atoms with van der Waals surface area (Å²) in [7, 11) is 0. The Morgan fingerprint density at radius 2 is 2.08 bits per heavy atom. The number of hydrogen-bond donors (Lipinski definition) is 0. The lowest BCUT2D eigenvalue weighted by molar-refractivity contribution is 0.0786. The van der Waals surface area contributed by atoms with Crippen molar-refractivity contribution in [1.29, 1.82) is 0 Å². The highest BCUT2D eigenvalue weighted by molar-refractivity contribution is 5.94. The van der Waals surface area contributed by atoms with Gasteiger partial charge in [0.25, 0.3) is 5.91 Å². The number of benzene rings is 1. The fraction of sp³-hybridized carbons (Fsp3) is 0.286. The first-order chi connectivity index (χ1) is 12.2. The van der Waals surface area contributed by atoms with E-state index in [-0.39, 0.29) is 5.91 Å². The van der Waals surface area contributed by atoms with Crippen LogP contribution >= 0.6 is 0 Å². The molecule has 0 bridgehead atoms. The number of para-hydroxylation sites is 1. The van der Waals surface area contributed by atoms with Crippen LogP contribution in [0.1, 0.15) is 27.9 Å². The van der Waals surface area contributed by atoms with E-state index in [1.807, 2.05) is 42.3 Å². The van der Waals surface area contributed by atoms with E-state index in [1.54, 1.807) is 12.4 Å². The van der Waals surface area contributed by atoms with Crippen LogP contribution < -0.4 is 0 Å². The number of fused-ring (bicyclic) bond motifs is 1. The van der Waals surface area contributed by atoms with Crippen molar-refractivity contribution < 1.29 is 4.79 Å². The topological polar surface area (TPSA) is 46.1 Å². The van der Waals surface area contributed by atoms with Gasteiger partial charge in [0, 0.05) is 37.1 Å². The SMILES string of the molecule is Cc1cncc(C(=O)N2CC[C@H](Cc3cnc4ccccc4c3)C2)c1. The summed E-state index contributed by atoms with van der Waals surface area (Å²) in [5.74, 6) is 0.583. The van der Waals surface area contributed by atoms with E-state index < -0.39 is 0 Å². The molecule has 0 radical (unpaired) electrons. The van der Waals surface area contributed by atoms with Gasteiger partial charge in [-0.2, -0.15) is 0 Å². The highest BCUT2D eigenvalue weighted by Gasteiger charge is 2.27. The summed E-state index contributed by atoms with van der Waals surface area (Å²) in [5, 5.41) is 1.18. The maximum Gasteiger partial charge on any atom is 0.255 e. The molecule has 0 N–H and O–H groups in total. The van der Waals surface area contributed by atoms with Gasteiger partial charge in [0.05, 0.1) is 11.1 Å². The van der Waals surface area contributed by atoms with Crippen LogP contribution in [-0.2, 0) is 6.42 Å². The molecule has 126 valence electrons. The van der Waals surface area contributed by atoms with Crippen molar-refractivity contribution in [2.45, 2.75) is 19.8 Å². The van der Waals surface area contributed by atoms with Crippen LogP contribution in [0, 0.1) is 12.8 Å². The van der Waals surface area contributed by atoms with Gasteiger partial charge in [-0.25, -0.2) is 0 Å². The summed E-state index contributed by atoms with van der Waals surface area (Å²) < 4.78 is 0. The second kappa shape index (κ2) is 6.63. The fourth-order valence-corrected chi connectivity index (χ4v) is 3.60. The summed E-state index contributed by atoms with van der Waals surface area (Å²) in [4.78, 5) is 23.3. The predicted molar refractivity (Wildman–Crippen MR) is 98.4 cm³/mol. The Morgan fingerprint density at radius 1 is 1.20 bits per heavy atom. The molecule has 4 nitrogen and oxygen atoms in total. The van der Waals surface area contributed by atoms with Gasteiger partial charge in [-0.3, -0.25) is 14.8 Å². The molecule has 0 spiro atoms. The van der Waals surface area contributed by atoms with E-state index in [2.05, 4.69) is 22.1 Å². The van der Waals surface area contributed by atoms with Crippen molar-refractivity contribution in [2.24, 2.45) is 5.92 Å². The Labute approximate surface area is 147 Å². The fourth-order valence-electron chi connectivity index (χ4n) is 3.60. The normalized spacial score (nSPS) is 17.2. The molecule has 1 atom stereocenters.